The minimum Gasteiger partial charge on any atom is -0.383 e. The van der Waals surface area contributed by atoms with Crippen LogP contribution in [-0.2, 0) is 6.54 Å². The van der Waals surface area contributed by atoms with Gasteiger partial charge in [-0.05, 0) is 147 Å². The summed E-state index contributed by atoms with van der Waals surface area (Å²) in [5, 5.41) is 6.57. The Bertz CT molecular complexity index is 2260. The van der Waals surface area contributed by atoms with Crippen LogP contribution in [0.5, 0.6) is 0 Å². The molecule has 326 valence electrons. The van der Waals surface area contributed by atoms with Gasteiger partial charge in [-0.25, -0.2) is 29.9 Å². The summed E-state index contributed by atoms with van der Waals surface area (Å²) in [6, 6.07) is 26.8. The highest BCUT2D eigenvalue weighted by Gasteiger charge is 2.17. The lowest BCUT2D eigenvalue weighted by molar-refractivity contribution is 0.102. The van der Waals surface area contributed by atoms with Gasteiger partial charge >= 0.3 is 0 Å². The topological polar surface area (TPSA) is 243 Å². The normalized spacial score (nSPS) is 13.3. The molecule has 0 radical (unpaired) electrons. The van der Waals surface area contributed by atoms with E-state index in [4.69, 9.17) is 22.9 Å². The number of hydrogen-bond donors (Lipinski definition) is 6. The molecule has 62 heavy (non-hydrogen) atoms. The number of nitrogens with one attached hydrogen (secondary N) is 2. The Kier molecular flexibility index (Phi) is 22.0. The van der Waals surface area contributed by atoms with Crippen LogP contribution in [-0.4, -0.2) is 80.7 Å². The monoisotopic (exact) mass is 1030 g/mol. The second-order valence-electron chi connectivity index (χ2n) is 13.5. The lowest BCUT2D eigenvalue weighted by Gasteiger charge is -2.21. The van der Waals surface area contributed by atoms with Gasteiger partial charge in [0.1, 0.15) is 48.5 Å². The maximum atomic E-state index is 12.6. The molecular formula is C44H52Br3N13O2. The molecule has 18 heteroatoms. The quantitative estimate of drug-likeness (QED) is 0.0725. The van der Waals surface area contributed by atoms with Crippen molar-refractivity contribution >= 4 is 82.6 Å². The minimum atomic E-state index is -0.230. The highest BCUT2D eigenvalue weighted by molar-refractivity contribution is 9.11. The Morgan fingerprint density at radius 3 is 1.45 bits per heavy atom. The number of nitrogen functional groups attached to an aromatic ring is 3. The molecule has 0 aliphatic carbocycles. The van der Waals surface area contributed by atoms with Gasteiger partial charge in [0.25, 0.3) is 0 Å². The minimum absolute atomic E-state index is 0.178. The molecule has 10 N–H and O–H groups in total. The van der Waals surface area contributed by atoms with Gasteiger partial charge in [0.15, 0.2) is 0 Å². The van der Waals surface area contributed by atoms with Gasteiger partial charge in [-0.3, -0.25) is 9.59 Å². The van der Waals surface area contributed by atoms with E-state index in [1.165, 1.54) is 45.2 Å². The molecule has 8 rings (SSSR count). The van der Waals surface area contributed by atoms with Gasteiger partial charge in [0, 0.05) is 56.9 Å². The molecule has 0 unspecified atom stereocenters. The smallest absolute Gasteiger partial charge is 0.215 e. The van der Waals surface area contributed by atoms with Crippen molar-refractivity contribution in [2.45, 2.75) is 38.6 Å². The summed E-state index contributed by atoms with van der Waals surface area (Å²) in [4.78, 5) is 51.2. The van der Waals surface area contributed by atoms with E-state index in [0.29, 0.717) is 39.5 Å². The van der Waals surface area contributed by atoms with Crippen LogP contribution in [0.1, 0.15) is 69.8 Å². The van der Waals surface area contributed by atoms with Crippen molar-refractivity contribution in [1.29, 1.82) is 0 Å². The van der Waals surface area contributed by atoms with Crippen molar-refractivity contribution in [3.8, 4) is 0 Å². The molecule has 0 spiro atoms. The van der Waals surface area contributed by atoms with Gasteiger partial charge in [-0.2, -0.15) is 0 Å². The number of nitrogens with zero attached hydrogens (tertiary/aromatic N) is 7. The first-order valence-electron chi connectivity index (χ1n) is 20.0. The summed E-state index contributed by atoms with van der Waals surface area (Å²) >= 11 is 9.65. The molecular weight excluding hydrogens is 982 g/mol. The van der Waals surface area contributed by atoms with Crippen molar-refractivity contribution in [3.05, 3.63) is 151 Å². The Hall–Kier alpha value is -5.24. The van der Waals surface area contributed by atoms with Crippen molar-refractivity contribution in [2.75, 3.05) is 61.4 Å². The number of nitrogens with two attached hydrogens (primary N) is 4. The first kappa shape index (κ1) is 49.4. The maximum absolute atomic E-state index is 12.6. The summed E-state index contributed by atoms with van der Waals surface area (Å²) in [7, 11) is 0. The third-order valence-electron chi connectivity index (χ3n) is 9.02. The summed E-state index contributed by atoms with van der Waals surface area (Å²) in [5.74, 6) is 1.45. The fourth-order valence-electron chi connectivity index (χ4n) is 5.83. The fraction of sp³-hybridized carbons (Fsp3) is 0.273. The van der Waals surface area contributed by atoms with E-state index in [2.05, 4.69) is 93.2 Å². The predicted octanol–water partition coefficient (Wildman–Crippen LogP) is 7.02. The van der Waals surface area contributed by atoms with Crippen LogP contribution in [0.15, 0.2) is 123 Å². The van der Waals surface area contributed by atoms with Crippen LogP contribution in [0.4, 0.5) is 23.3 Å². The molecule has 0 aromatic carbocycles. The van der Waals surface area contributed by atoms with Crippen LogP contribution < -0.4 is 38.5 Å². The molecule has 0 saturated carbocycles. The van der Waals surface area contributed by atoms with Gasteiger partial charge < -0.3 is 38.5 Å². The van der Waals surface area contributed by atoms with Crippen molar-refractivity contribution in [2.24, 2.45) is 5.73 Å². The van der Waals surface area contributed by atoms with Crippen molar-refractivity contribution in [1.82, 2.24) is 40.5 Å². The lowest BCUT2D eigenvalue weighted by Crippen LogP contribution is -2.25. The van der Waals surface area contributed by atoms with Crippen LogP contribution >= 0.6 is 47.8 Å². The number of anilines is 4. The standard InChI is InChI=1S/C17H20N4O.C11H8BrN3O.C6H9N3.C5H3Br2N.C5H12N2/c18-17-13(7-6-10-19-17)16(22)14-8-5-9-15(20-14)21-11-3-1-2-4-12-21;12-9-5-1-4-8(15-9)10(16)7-3-2-6-14-11(7)13;7-4-5-2-1-3-9-6(5)8;6-4-2-1-3-5(7)8-4;1-2-6-4-5-7-3-1/h5-10H,1-4,11-12H2,(H2,18,19);1-6H,(H2,13,14);1-3H,4,7H2,(H2,8,9);1-3H;6-7H,1-5H2. The Balaban J connectivity index is 0.000000184. The average Bonchev–Trinajstić information content (AvgIpc) is 3.77. The summed E-state index contributed by atoms with van der Waals surface area (Å²) in [6.07, 6.45) is 10.9. The molecule has 8 heterocycles. The Morgan fingerprint density at radius 2 is 1.00 bits per heavy atom. The Morgan fingerprint density at radius 1 is 0.532 bits per heavy atom. The predicted molar refractivity (Wildman–Crippen MR) is 258 cm³/mol. The van der Waals surface area contributed by atoms with E-state index in [-0.39, 0.29) is 23.2 Å². The zero-order valence-corrected chi connectivity index (χ0v) is 39.0. The molecule has 15 nitrogen and oxygen atoms in total. The highest BCUT2D eigenvalue weighted by atomic mass is 79.9. The number of halogens is 3. The third-order valence-corrected chi connectivity index (χ3v) is 10.3. The van der Waals surface area contributed by atoms with Gasteiger partial charge in [0.2, 0.25) is 11.6 Å². The molecule has 0 bridgehead atoms. The fourth-order valence-corrected chi connectivity index (χ4v) is 7.10. The van der Waals surface area contributed by atoms with Crippen LogP contribution in [0.3, 0.4) is 0 Å². The first-order valence-corrected chi connectivity index (χ1v) is 22.4. The number of carbonyl (C=O) groups excluding carboxylic acids is 2. The second-order valence-corrected chi connectivity index (χ2v) is 16.0. The van der Waals surface area contributed by atoms with Crippen LogP contribution in [0, 0.1) is 0 Å². The zero-order valence-electron chi connectivity index (χ0n) is 34.3. The van der Waals surface area contributed by atoms with Crippen molar-refractivity contribution in [3.63, 3.8) is 0 Å². The zero-order chi connectivity index (χ0) is 44.5. The van der Waals surface area contributed by atoms with Crippen molar-refractivity contribution < 1.29 is 9.59 Å². The molecule has 2 aliphatic rings. The van der Waals surface area contributed by atoms with E-state index >= 15 is 0 Å². The molecule has 6 aromatic heterocycles. The lowest BCUT2D eigenvalue weighted by atomic mass is 10.1. The largest absolute Gasteiger partial charge is 0.383 e. The number of ketones is 2. The molecule has 2 aliphatic heterocycles. The number of hydrogen-bond acceptors (Lipinski definition) is 15. The van der Waals surface area contributed by atoms with Gasteiger partial charge in [-0.1, -0.05) is 37.1 Å². The summed E-state index contributed by atoms with van der Waals surface area (Å²) in [6.45, 7) is 7.11. The number of aromatic nitrogens is 6. The maximum Gasteiger partial charge on any atom is 0.215 e. The first-order chi connectivity index (χ1) is 30.1. The average molecular weight is 1030 g/mol. The summed E-state index contributed by atoms with van der Waals surface area (Å²) < 4.78 is 2.32. The van der Waals surface area contributed by atoms with E-state index in [9.17, 15) is 9.59 Å². The summed E-state index contributed by atoms with van der Waals surface area (Å²) in [5.41, 5.74) is 24.6. The number of carbonyl (C=O) groups is 2. The van der Waals surface area contributed by atoms with E-state index in [0.717, 1.165) is 46.8 Å². The number of pyridine rings is 6. The van der Waals surface area contributed by atoms with Crippen LogP contribution in [0.2, 0.25) is 0 Å². The highest BCUT2D eigenvalue weighted by Crippen LogP contribution is 2.20. The van der Waals surface area contributed by atoms with Gasteiger partial charge in [0.05, 0.1) is 11.1 Å². The SMILES string of the molecule is Brc1cccc(Br)n1.C1CNCCNC1.NCc1cccnc1N.Nc1ncccc1C(=O)c1cccc(Br)n1.Nc1ncccc1C(=O)c1cccc(N2CCCCCC2)n1. The van der Waals surface area contributed by atoms with Crippen LogP contribution in [0.25, 0.3) is 0 Å². The molecule has 6 aromatic rings. The molecule has 0 amide bonds. The van der Waals surface area contributed by atoms with E-state index < -0.39 is 0 Å². The van der Waals surface area contributed by atoms with Gasteiger partial charge in [-0.15, -0.1) is 0 Å². The third kappa shape index (κ3) is 17.3. The van der Waals surface area contributed by atoms with E-state index in [1.54, 1.807) is 67.1 Å². The molecule has 0 atom stereocenters. The number of rotatable bonds is 6. The Labute approximate surface area is 387 Å². The van der Waals surface area contributed by atoms with E-state index in [1.807, 2.05) is 42.5 Å². The second kappa shape index (κ2) is 27.7. The molecule has 2 saturated heterocycles. The molecule has 2 fully saturated rings.